The molecule has 1 fully saturated rings. The zero-order valence-electron chi connectivity index (χ0n) is 17.4. The molecule has 0 saturated heterocycles. The molecule has 1 aliphatic rings. The summed E-state index contributed by atoms with van der Waals surface area (Å²) in [7, 11) is -3.32. The van der Waals surface area contributed by atoms with E-state index in [0.717, 1.165) is 48.3 Å². The highest BCUT2D eigenvalue weighted by Crippen LogP contribution is 2.32. The molecule has 6 heteroatoms. The van der Waals surface area contributed by atoms with E-state index in [1.54, 1.807) is 13.8 Å². The molecule has 2 atom stereocenters. The van der Waals surface area contributed by atoms with Crippen LogP contribution in [0.1, 0.15) is 46.5 Å². The Hall–Kier alpha value is -2.05. The molecule has 0 heterocycles. The summed E-state index contributed by atoms with van der Waals surface area (Å²) in [6.45, 7) is 5.98. The van der Waals surface area contributed by atoms with Crippen LogP contribution in [0.4, 0.5) is 0 Å². The first-order chi connectivity index (χ1) is 13.9. The number of para-hydroxylation sites is 1. The molecule has 5 nitrogen and oxygen atoms in total. The molecule has 0 bridgehead atoms. The zero-order valence-corrected chi connectivity index (χ0v) is 18.2. The second-order valence-corrected chi connectivity index (χ2v) is 9.98. The molecule has 2 unspecified atom stereocenters. The summed E-state index contributed by atoms with van der Waals surface area (Å²) >= 11 is 0. The first-order valence-corrected chi connectivity index (χ1v) is 12.0. The lowest BCUT2D eigenvalue weighted by Gasteiger charge is -2.32. The minimum atomic E-state index is -3.32. The number of nitrogens with one attached hydrogen (secondary N) is 1. The maximum Gasteiger partial charge on any atom is 0.214 e. The quantitative estimate of drug-likeness (QED) is 0.672. The summed E-state index contributed by atoms with van der Waals surface area (Å²) in [5.74, 6) is 1.61. The van der Waals surface area contributed by atoms with Crippen LogP contribution in [0, 0.1) is 0 Å². The molecule has 1 saturated carbocycles. The highest BCUT2D eigenvalue weighted by Gasteiger charge is 2.31. The maximum atomic E-state index is 12.3. The van der Waals surface area contributed by atoms with Gasteiger partial charge in [-0.25, -0.2) is 13.1 Å². The third-order valence-electron chi connectivity index (χ3n) is 5.28. The lowest BCUT2D eigenvalue weighted by Crippen LogP contribution is -2.49. The second kappa shape index (κ2) is 9.63. The smallest absolute Gasteiger partial charge is 0.214 e. The summed E-state index contributed by atoms with van der Waals surface area (Å²) in [5.41, 5.74) is 2.10. The Morgan fingerprint density at radius 1 is 1.03 bits per heavy atom. The molecular formula is C23H31NO4S. The van der Waals surface area contributed by atoms with Crippen molar-refractivity contribution in [3.8, 4) is 22.6 Å². The fraction of sp³-hybridized carbons (Fsp3) is 0.478. The van der Waals surface area contributed by atoms with Crippen LogP contribution in [0.2, 0.25) is 0 Å². The number of sulfonamides is 1. The lowest BCUT2D eigenvalue weighted by molar-refractivity contribution is 0.124. The van der Waals surface area contributed by atoms with Crippen LogP contribution >= 0.6 is 0 Å². The largest absolute Gasteiger partial charge is 0.493 e. The van der Waals surface area contributed by atoms with Gasteiger partial charge in [0.05, 0.1) is 17.9 Å². The minimum absolute atomic E-state index is 0.154. The molecule has 0 amide bonds. The average Bonchev–Trinajstić information content (AvgIpc) is 2.70. The van der Waals surface area contributed by atoms with Crippen molar-refractivity contribution >= 4 is 10.0 Å². The number of hydrogen-bond donors (Lipinski definition) is 1. The Labute approximate surface area is 174 Å². The first-order valence-electron chi connectivity index (χ1n) is 10.4. The van der Waals surface area contributed by atoms with Gasteiger partial charge >= 0.3 is 0 Å². The van der Waals surface area contributed by atoms with Crippen molar-refractivity contribution in [2.24, 2.45) is 0 Å². The molecule has 2 aromatic carbocycles. The molecule has 29 heavy (non-hydrogen) atoms. The van der Waals surface area contributed by atoms with Crippen molar-refractivity contribution in [1.29, 1.82) is 0 Å². The van der Waals surface area contributed by atoms with Crippen molar-refractivity contribution in [1.82, 2.24) is 4.72 Å². The Morgan fingerprint density at radius 2 is 1.72 bits per heavy atom. The van der Waals surface area contributed by atoms with E-state index in [4.69, 9.17) is 9.47 Å². The fourth-order valence-electron chi connectivity index (χ4n) is 3.59. The van der Waals surface area contributed by atoms with Gasteiger partial charge in [0, 0.05) is 5.56 Å². The summed E-state index contributed by atoms with van der Waals surface area (Å²) < 4.78 is 39.4. The second-order valence-electron chi connectivity index (χ2n) is 7.71. The summed E-state index contributed by atoms with van der Waals surface area (Å²) in [5, 5.41) is -0.449. The molecule has 2 aromatic rings. The lowest BCUT2D eigenvalue weighted by atomic mass is 9.93. The normalized spacial score (nSPS) is 19.9. The van der Waals surface area contributed by atoms with Gasteiger partial charge < -0.3 is 9.47 Å². The molecule has 0 radical (unpaired) electrons. The average molecular weight is 418 g/mol. The standard InChI is InChI=1S/C23H31NO4S/c1-4-27-22-11-7-5-9-20(22)18-13-15-19(16-14-18)28-23-12-8-6-10-21(23)24-29(25,26)17(2)3/h5,7,9,11,13-17,21,23-24H,4,6,8,10,12H2,1-3H3. The SMILES string of the molecule is CCOc1ccccc1-c1ccc(OC2CCCCC2NS(=O)(=O)C(C)C)cc1. The van der Waals surface area contributed by atoms with Crippen LogP contribution in [0.25, 0.3) is 11.1 Å². The molecule has 0 spiro atoms. The Kier molecular flexibility index (Phi) is 7.19. The predicted molar refractivity (Wildman–Crippen MR) is 117 cm³/mol. The Balaban J connectivity index is 1.73. The van der Waals surface area contributed by atoms with Crippen molar-refractivity contribution < 1.29 is 17.9 Å². The first kappa shape index (κ1) is 21.7. The van der Waals surface area contributed by atoms with E-state index in [0.29, 0.717) is 6.61 Å². The van der Waals surface area contributed by atoms with Crippen LogP contribution in [0.5, 0.6) is 11.5 Å². The van der Waals surface area contributed by atoms with Crippen molar-refractivity contribution in [3.63, 3.8) is 0 Å². The number of ether oxygens (including phenoxy) is 2. The van der Waals surface area contributed by atoms with Crippen molar-refractivity contribution in [3.05, 3.63) is 48.5 Å². The summed E-state index contributed by atoms with van der Waals surface area (Å²) in [4.78, 5) is 0. The van der Waals surface area contributed by atoms with E-state index < -0.39 is 15.3 Å². The van der Waals surface area contributed by atoms with Gasteiger partial charge in [-0.2, -0.15) is 0 Å². The van der Waals surface area contributed by atoms with Gasteiger partial charge in [-0.05, 0) is 63.8 Å². The molecule has 3 rings (SSSR count). The van der Waals surface area contributed by atoms with Crippen molar-refractivity contribution in [2.75, 3.05) is 6.61 Å². The fourth-order valence-corrected chi connectivity index (χ4v) is 4.56. The van der Waals surface area contributed by atoms with E-state index in [2.05, 4.69) is 4.72 Å². The predicted octanol–water partition coefficient (Wildman–Crippen LogP) is 4.77. The molecule has 0 aliphatic heterocycles. The monoisotopic (exact) mass is 417 g/mol. The summed E-state index contributed by atoms with van der Waals surface area (Å²) in [6.07, 6.45) is 3.55. The molecule has 1 N–H and O–H groups in total. The minimum Gasteiger partial charge on any atom is -0.493 e. The van der Waals surface area contributed by atoms with Crippen molar-refractivity contribution in [2.45, 2.75) is 63.9 Å². The number of benzene rings is 2. The van der Waals surface area contributed by atoms with Crippen LogP contribution in [0.3, 0.4) is 0 Å². The number of rotatable bonds is 8. The third kappa shape index (κ3) is 5.52. The Morgan fingerprint density at radius 3 is 2.41 bits per heavy atom. The third-order valence-corrected chi connectivity index (χ3v) is 7.15. The van der Waals surface area contributed by atoms with Crippen LogP contribution in [-0.4, -0.2) is 32.4 Å². The van der Waals surface area contributed by atoms with Crippen LogP contribution in [0.15, 0.2) is 48.5 Å². The van der Waals surface area contributed by atoms with Gasteiger partial charge in [-0.1, -0.05) is 36.8 Å². The highest BCUT2D eigenvalue weighted by atomic mass is 32.2. The Bertz CT molecular complexity index is 893. The topological polar surface area (TPSA) is 64.6 Å². The van der Waals surface area contributed by atoms with Gasteiger partial charge in [-0.3, -0.25) is 0 Å². The maximum absolute atomic E-state index is 12.3. The van der Waals surface area contributed by atoms with Crippen LogP contribution in [-0.2, 0) is 10.0 Å². The van der Waals surface area contributed by atoms with Gasteiger partial charge in [0.25, 0.3) is 0 Å². The van der Waals surface area contributed by atoms with Gasteiger partial charge in [0.15, 0.2) is 0 Å². The molecule has 0 aromatic heterocycles. The van der Waals surface area contributed by atoms with Crippen LogP contribution < -0.4 is 14.2 Å². The van der Waals surface area contributed by atoms with E-state index >= 15 is 0 Å². The summed E-state index contributed by atoms with van der Waals surface area (Å²) in [6, 6.07) is 15.7. The zero-order chi connectivity index (χ0) is 20.9. The number of hydrogen-bond acceptors (Lipinski definition) is 4. The van der Waals surface area contributed by atoms with E-state index in [-0.39, 0.29) is 12.1 Å². The van der Waals surface area contributed by atoms with E-state index in [9.17, 15) is 8.42 Å². The molecule has 158 valence electrons. The van der Waals surface area contributed by atoms with Gasteiger partial charge in [0.2, 0.25) is 10.0 Å². The van der Waals surface area contributed by atoms with E-state index in [1.165, 1.54) is 0 Å². The van der Waals surface area contributed by atoms with Gasteiger partial charge in [0.1, 0.15) is 17.6 Å². The molecular weight excluding hydrogens is 386 g/mol. The molecule has 1 aliphatic carbocycles. The highest BCUT2D eigenvalue weighted by molar-refractivity contribution is 7.90. The van der Waals surface area contributed by atoms with E-state index in [1.807, 2.05) is 55.5 Å². The van der Waals surface area contributed by atoms with Gasteiger partial charge in [-0.15, -0.1) is 0 Å².